The molecule has 1 heterocycles. The number of nitrogens with zero attached hydrogens (tertiary/aromatic N) is 2. The third kappa shape index (κ3) is 1.10. The number of aromatic nitrogens is 2. The molecule has 3 nitrogen and oxygen atoms in total. The molecular formula is C8H12BrN3. The summed E-state index contributed by atoms with van der Waals surface area (Å²) < 4.78 is 2.86. The van der Waals surface area contributed by atoms with Crippen molar-refractivity contribution in [1.82, 2.24) is 9.78 Å². The molecule has 0 radical (unpaired) electrons. The third-order valence-corrected chi connectivity index (χ3v) is 3.07. The van der Waals surface area contributed by atoms with Crippen LogP contribution in [0.25, 0.3) is 0 Å². The van der Waals surface area contributed by atoms with Gasteiger partial charge in [0.25, 0.3) is 0 Å². The summed E-state index contributed by atoms with van der Waals surface area (Å²) in [4.78, 5) is 0. The van der Waals surface area contributed by atoms with E-state index in [2.05, 4.69) is 21.0 Å². The van der Waals surface area contributed by atoms with Crippen LogP contribution in [0.15, 0.2) is 4.60 Å². The van der Waals surface area contributed by atoms with E-state index in [4.69, 9.17) is 5.73 Å². The second-order valence-electron chi connectivity index (χ2n) is 3.28. The zero-order valence-corrected chi connectivity index (χ0v) is 8.63. The summed E-state index contributed by atoms with van der Waals surface area (Å²) in [6.45, 7) is 0. The lowest BCUT2D eigenvalue weighted by Crippen LogP contribution is -2.19. The number of halogens is 1. The van der Waals surface area contributed by atoms with Gasteiger partial charge in [0.05, 0.1) is 5.69 Å². The lowest BCUT2D eigenvalue weighted by atomic mass is 9.94. The summed E-state index contributed by atoms with van der Waals surface area (Å²) in [6.07, 6.45) is 3.37. The topological polar surface area (TPSA) is 43.8 Å². The molecule has 1 unspecified atom stereocenters. The summed E-state index contributed by atoms with van der Waals surface area (Å²) in [7, 11) is 1.95. The molecule has 0 fully saturated rings. The van der Waals surface area contributed by atoms with E-state index in [1.54, 1.807) is 0 Å². The molecule has 4 heteroatoms. The Balaban J connectivity index is 2.55. The lowest BCUT2D eigenvalue weighted by molar-refractivity contribution is 0.527. The third-order valence-electron chi connectivity index (χ3n) is 2.44. The first-order valence-corrected chi connectivity index (χ1v) is 4.96. The van der Waals surface area contributed by atoms with Crippen molar-refractivity contribution >= 4 is 15.9 Å². The van der Waals surface area contributed by atoms with E-state index in [0.29, 0.717) is 0 Å². The molecule has 0 aromatic carbocycles. The molecule has 12 heavy (non-hydrogen) atoms. The molecule has 1 aromatic rings. The van der Waals surface area contributed by atoms with Gasteiger partial charge in [-0.25, -0.2) is 0 Å². The van der Waals surface area contributed by atoms with Gasteiger partial charge in [-0.1, -0.05) is 0 Å². The van der Waals surface area contributed by atoms with Crippen molar-refractivity contribution in [3.05, 3.63) is 15.9 Å². The van der Waals surface area contributed by atoms with E-state index >= 15 is 0 Å². The van der Waals surface area contributed by atoms with Gasteiger partial charge in [-0.2, -0.15) is 5.10 Å². The Bertz CT molecular complexity index is 305. The predicted molar refractivity (Wildman–Crippen MR) is 50.8 cm³/mol. The highest BCUT2D eigenvalue weighted by Gasteiger charge is 2.23. The van der Waals surface area contributed by atoms with Gasteiger partial charge in [0.15, 0.2) is 0 Å². The van der Waals surface area contributed by atoms with Crippen molar-refractivity contribution < 1.29 is 0 Å². The number of rotatable bonds is 0. The molecule has 0 saturated heterocycles. The summed E-state index contributed by atoms with van der Waals surface area (Å²) >= 11 is 3.44. The maximum Gasteiger partial charge on any atom is 0.131 e. The Kier molecular flexibility index (Phi) is 1.96. The van der Waals surface area contributed by atoms with Crippen LogP contribution >= 0.6 is 15.9 Å². The fraction of sp³-hybridized carbons (Fsp3) is 0.625. The molecule has 2 N–H and O–H groups in total. The second-order valence-corrected chi connectivity index (χ2v) is 4.03. The molecule has 0 saturated carbocycles. The van der Waals surface area contributed by atoms with Gasteiger partial charge in [0.1, 0.15) is 4.60 Å². The molecule has 0 amide bonds. The maximum atomic E-state index is 5.98. The van der Waals surface area contributed by atoms with Crippen LogP contribution in [0.4, 0.5) is 0 Å². The van der Waals surface area contributed by atoms with Crippen molar-refractivity contribution in [2.24, 2.45) is 12.8 Å². The van der Waals surface area contributed by atoms with E-state index in [-0.39, 0.29) is 6.04 Å². The molecular weight excluding hydrogens is 218 g/mol. The zero-order valence-electron chi connectivity index (χ0n) is 7.05. The van der Waals surface area contributed by atoms with Crippen LogP contribution in [0, 0.1) is 0 Å². The van der Waals surface area contributed by atoms with E-state index in [9.17, 15) is 0 Å². The van der Waals surface area contributed by atoms with Crippen LogP contribution in [0.2, 0.25) is 0 Å². The summed E-state index contributed by atoms with van der Waals surface area (Å²) in [5.41, 5.74) is 8.48. The summed E-state index contributed by atoms with van der Waals surface area (Å²) in [5, 5.41) is 4.30. The van der Waals surface area contributed by atoms with E-state index in [1.165, 1.54) is 17.7 Å². The normalized spacial score (nSPS) is 22.4. The monoisotopic (exact) mass is 229 g/mol. The zero-order chi connectivity index (χ0) is 8.72. The minimum atomic E-state index is 0.178. The van der Waals surface area contributed by atoms with Crippen LogP contribution < -0.4 is 5.73 Å². The van der Waals surface area contributed by atoms with Gasteiger partial charge in [-0.05, 0) is 35.2 Å². The highest BCUT2D eigenvalue weighted by atomic mass is 79.9. The minimum Gasteiger partial charge on any atom is -0.323 e. The molecule has 0 aliphatic heterocycles. The SMILES string of the molecule is Cn1nc(Br)c2c1C(N)CCC2. The molecule has 2 rings (SSSR count). The highest BCUT2D eigenvalue weighted by molar-refractivity contribution is 9.10. The number of hydrogen-bond acceptors (Lipinski definition) is 2. The number of nitrogens with two attached hydrogens (primary N) is 1. The van der Waals surface area contributed by atoms with E-state index in [1.807, 2.05) is 11.7 Å². The van der Waals surface area contributed by atoms with Crippen molar-refractivity contribution in [1.29, 1.82) is 0 Å². The van der Waals surface area contributed by atoms with Crippen molar-refractivity contribution in [2.45, 2.75) is 25.3 Å². The minimum absolute atomic E-state index is 0.178. The molecule has 66 valence electrons. The molecule has 1 atom stereocenters. The average Bonchev–Trinajstić information content (AvgIpc) is 2.29. The maximum absolute atomic E-state index is 5.98. The Labute approximate surface area is 80.1 Å². The van der Waals surface area contributed by atoms with E-state index < -0.39 is 0 Å². The Morgan fingerprint density at radius 2 is 2.42 bits per heavy atom. The molecule has 0 spiro atoms. The standard InChI is InChI=1S/C8H12BrN3/c1-12-7-5(8(9)11-12)3-2-4-6(7)10/h6H,2-4,10H2,1H3. The highest BCUT2D eigenvalue weighted by Crippen LogP contribution is 2.31. The largest absolute Gasteiger partial charge is 0.323 e. The molecule has 1 aliphatic rings. The van der Waals surface area contributed by atoms with Gasteiger partial charge in [0.2, 0.25) is 0 Å². The Morgan fingerprint density at radius 3 is 3.08 bits per heavy atom. The van der Waals surface area contributed by atoms with Crippen molar-refractivity contribution in [3.8, 4) is 0 Å². The van der Waals surface area contributed by atoms with Gasteiger partial charge in [0, 0.05) is 18.7 Å². The van der Waals surface area contributed by atoms with Crippen LogP contribution in [0.5, 0.6) is 0 Å². The Hall–Kier alpha value is -0.350. The van der Waals surface area contributed by atoms with Gasteiger partial charge >= 0.3 is 0 Å². The second kappa shape index (κ2) is 2.85. The summed E-state index contributed by atoms with van der Waals surface area (Å²) in [5.74, 6) is 0. The molecule has 0 bridgehead atoms. The van der Waals surface area contributed by atoms with Crippen LogP contribution in [-0.2, 0) is 13.5 Å². The average molecular weight is 230 g/mol. The summed E-state index contributed by atoms with van der Waals surface area (Å²) in [6, 6.07) is 0.178. The number of hydrogen-bond donors (Lipinski definition) is 1. The Morgan fingerprint density at radius 1 is 1.67 bits per heavy atom. The van der Waals surface area contributed by atoms with Crippen molar-refractivity contribution in [2.75, 3.05) is 0 Å². The first-order chi connectivity index (χ1) is 5.70. The smallest absolute Gasteiger partial charge is 0.131 e. The quantitative estimate of drug-likeness (QED) is 0.734. The van der Waals surface area contributed by atoms with Crippen LogP contribution in [0.3, 0.4) is 0 Å². The molecule has 1 aliphatic carbocycles. The van der Waals surface area contributed by atoms with Gasteiger partial charge in [-0.15, -0.1) is 0 Å². The fourth-order valence-electron chi connectivity index (χ4n) is 1.88. The molecule has 1 aromatic heterocycles. The lowest BCUT2D eigenvalue weighted by Gasteiger charge is -2.19. The first-order valence-electron chi connectivity index (χ1n) is 4.17. The van der Waals surface area contributed by atoms with Gasteiger partial charge in [-0.3, -0.25) is 4.68 Å². The van der Waals surface area contributed by atoms with Crippen LogP contribution in [-0.4, -0.2) is 9.78 Å². The van der Waals surface area contributed by atoms with E-state index in [0.717, 1.165) is 17.4 Å². The number of fused-ring (bicyclic) bond motifs is 1. The fourth-order valence-corrected chi connectivity index (χ4v) is 2.52. The van der Waals surface area contributed by atoms with Crippen molar-refractivity contribution in [3.63, 3.8) is 0 Å². The van der Waals surface area contributed by atoms with Gasteiger partial charge < -0.3 is 5.73 Å². The van der Waals surface area contributed by atoms with Crippen LogP contribution in [0.1, 0.15) is 30.1 Å². The number of aryl methyl sites for hydroxylation is 1. The predicted octanol–water partition coefficient (Wildman–Crippen LogP) is 1.52. The first kappa shape index (κ1) is 8.26.